The Hall–Kier alpha value is -12.9. The molecule has 0 spiro atoms. The van der Waals surface area contributed by atoms with Crippen LogP contribution in [-0.4, -0.2) is 184 Å². The molecule has 728 valence electrons. The van der Waals surface area contributed by atoms with E-state index >= 15 is 0 Å². The summed E-state index contributed by atoms with van der Waals surface area (Å²) >= 11 is 4.24. The summed E-state index contributed by atoms with van der Waals surface area (Å²) < 4.78 is 30.7. The number of imidazole rings is 5. The van der Waals surface area contributed by atoms with Gasteiger partial charge in [-0.25, -0.2) is 58.5 Å². The summed E-state index contributed by atoms with van der Waals surface area (Å²) in [6.07, 6.45) is 7.68. The number of H-pyrrole nitrogens is 4. The van der Waals surface area contributed by atoms with Crippen molar-refractivity contribution in [2.24, 2.45) is 0 Å². The zero-order valence-electron chi connectivity index (χ0n) is 80.8. The van der Waals surface area contributed by atoms with Crippen LogP contribution in [0.1, 0.15) is 288 Å². The van der Waals surface area contributed by atoms with Gasteiger partial charge in [0.15, 0.2) is 39.9 Å². The average Bonchev–Trinajstić information content (AvgIpc) is 1.63. The Labute approximate surface area is 820 Å². The van der Waals surface area contributed by atoms with E-state index in [-0.39, 0.29) is 54.9 Å². The van der Waals surface area contributed by atoms with E-state index in [4.69, 9.17) is 30.3 Å². The lowest BCUT2D eigenvalue weighted by Crippen LogP contribution is -2.23. The molecule has 137 heavy (non-hydrogen) atoms. The van der Waals surface area contributed by atoms with Crippen LogP contribution in [0.4, 0.5) is 5.69 Å². The predicted molar refractivity (Wildman–Crippen MR) is 535 cm³/mol. The minimum atomic E-state index is -1.36. The fraction of sp³-hybridized carbons (Fsp3) is 0.400. The van der Waals surface area contributed by atoms with Crippen molar-refractivity contribution in [3.05, 3.63) is 260 Å². The number of esters is 5. The number of rotatable bonds is 36. The van der Waals surface area contributed by atoms with Crippen LogP contribution in [0.15, 0.2) is 146 Å². The number of para-hydroxylation sites is 1. The summed E-state index contributed by atoms with van der Waals surface area (Å²) in [6, 6.07) is 47.2. The van der Waals surface area contributed by atoms with E-state index in [1.165, 1.54) is 0 Å². The van der Waals surface area contributed by atoms with Crippen molar-refractivity contribution in [3.63, 3.8) is 0 Å². The highest BCUT2D eigenvalue weighted by atomic mass is 128. The first-order valence-electron chi connectivity index (χ1n) is 45.5. The predicted octanol–water partition coefficient (Wildman–Crippen LogP) is 18.6. The molecule has 0 aliphatic heterocycles. The average molecular weight is 2100 g/mol. The molecule has 0 bridgehead atoms. The standard InChI is InChI=1S/C26H30N6O3.C26H29N3O3.C24H26N6O3.C12H18N2O4.C12H20N2O3.I2/c1-5-9-21-27-23(26(3,4)34)22(25(33)35-6-2)32(21)16-17-12-14-18(15-13-17)19-10-7-8-11-20(19)24-28-30-31-29-24;1-6-10-22-28-24(26(3,4)31)23(25(30)32-7-2)29(22)17-18-13-15-19(16-14-18)20-11-8-9-12-21(20)27-5;1-4-7-19-25-21(24(2,3)33)20(23(31)32)30(19)14-15-10-12-16(13-11-15)17-8-5-6-9-18(17)22-26-28-29-27-22;1-4-7-8-13-9(11(15)17-5-2)10(14-8)12(16)18-6-3;1-5-7-8-13-9(11(15)17-6-2)10(14-8)12(3,4)16;1-2/h7-8,10-15,34H,5-6,9,16H2,1-4H3,(H,28,29,30,31);8-9,11-16,31H,6-7,10,17H2,1-4H3;5-6,8-13,33H,4,7,14H2,1-3H3,(H,31,32)(H,26,27,28,29);4-7H2,1-3H3,(H,13,14);16H,5-7H2,1-4H3,(H,13,14);. The van der Waals surface area contributed by atoms with E-state index in [1.807, 2.05) is 175 Å². The molecule has 13 rings (SSSR count). The highest BCUT2D eigenvalue weighted by Gasteiger charge is 2.37. The number of nitrogens with one attached hydrogen (secondary N) is 4. The number of halogens is 2. The van der Waals surface area contributed by atoms with Gasteiger partial charge >= 0.3 is 35.8 Å². The molecular weight excluding hydrogens is 1980 g/mol. The number of ether oxygens (including phenoxy) is 5. The Bertz CT molecular complexity index is 6110. The van der Waals surface area contributed by atoms with Gasteiger partial charge in [0.1, 0.15) is 68.6 Å². The lowest BCUT2D eigenvalue weighted by atomic mass is 9.98. The summed E-state index contributed by atoms with van der Waals surface area (Å²) in [5, 5.41) is 80.5. The number of nitrogens with zero attached hydrogens (tertiary/aromatic N) is 15. The van der Waals surface area contributed by atoms with Gasteiger partial charge in [0.25, 0.3) is 0 Å². The molecule has 9 N–H and O–H groups in total. The molecule has 0 amide bonds. The number of aryl methyl sites for hydroxylation is 5. The van der Waals surface area contributed by atoms with Gasteiger partial charge in [-0.15, -0.1) is 20.4 Å². The highest BCUT2D eigenvalue weighted by molar-refractivity contribution is 15.0. The van der Waals surface area contributed by atoms with Gasteiger partial charge in [0, 0.05) is 100 Å². The van der Waals surface area contributed by atoms with Crippen molar-refractivity contribution >= 4 is 78.7 Å². The van der Waals surface area contributed by atoms with Crippen LogP contribution in [-0.2, 0) is 97.8 Å². The van der Waals surface area contributed by atoms with E-state index in [9.17, 15) is 54.3 Å². The third-order valence-electron chi connectivity index (χ3n) is 20.8. The van der Waals surface area contributed by atoms with Gasteiger partial charge in [-0.1, -0.05) is 180 Å². The van der Waals surface area contributed by atoms with Gasteiger partial charge in [-0.05, 0) is 183 Å². The van der Waals surface area contributed by atoms with Crippen molar-refractivity contribution in [1.29, 1.82) is 0 Å². The van der Waals surface area contributed by atoms with Crippen molar-refractivity contribution < 1.29 is 78.0 Å². The van der Waals surface area contributed by atoms with Crippen LogP contribution in [0, 0.1) is 6.57 Å². The normalized spacial score (nSPS) is 11.2. The number of carbonyl (C=O) groups excluding carboxylic acids is 5. The Morgan fingerprint density at radius 2 is 0.693 bits per heavy atom. The summed E-state index contributed by atoms with van der Waals surface area (Å²) in [5.74, 6) is 0.717. The van der Waals surface area contributed by atoms with E-state index < -0.39 is 58.2 Å². The maximum absolute atomic E-state index is 12.9. The first-order valence-corrected chi connectivity index (χ1v) is 51.7. The van der Waals surface area contributed by atoms with E-state index in [0.29, 0.717) is 115 Å². The molecule has 0 radical (unpaired) electrons. The number of aliphatic hydroxyl groups is 4. The molecule has 35 nitrogen and oxygen atoms in total. The third-order valence-corrected chi connectivity index (χ3v) is 20.8. The fourth-order valence-electron chi connectivity index (χ4n) is 14.7. The number of hydrogen-bond acceptors (Lipinski definition) is 26. The maximum atomic E-state index is 12.9. The van der Waals surface area contributed by atoms with Gasteiger partial charge in [0.2, 0.25) is 11.6 Å². The molecule has 0 aliphatic carbocycles. The van der Waals surface area contributed by atoms with Crippen molar-refractivity contribution in [3.8, 4) is 56.2 Å². The zero-order chi connectivity index (χ0) is 100. The van der Waals surface area contributed by atoms with Crippen LogP contribution < -0.4 is 0 Å². The minimum absolute atomic E-state index is 0.00116. The molecule has 0 aliphatic rings. The first kappa shape index (κ1) is 109. The SMILES string of the molecule is CCCc1nc(C(=O)OCC)c(C(=O)OCC)[nH]1.CCCc1nc(C(=O)OCC)c(C(C)(C)O)[nH]1.CCCc1nc(C(C)(C)O)c(C(=O)O)n1Cc1ccc(-c2ccccc2-c2nn[nH]n2)cc1.CCCc1nc(C(C)(C)O)c(C(=O)OCC)n1Cc1ccc(-c2ccccc2-c2nn[nH]n2)cc1.II.[C-]#[N+]c1ccccc1-c1ccc(Cn2c(CCC)nc(C(C)(C)O)c2C(=O)OCC)cc1. The first-order chi connectivity index (χ1) is 65.4. The van der Waals surface area contributed by atoms with E-state index in [0.717, 1.165) is 111 Å². The second kappa shape index (κ2) is 51.9. The van der Waals surface area contributed by atoms with Gasteiger partial charge < -0.3 is 72.9 Å². The molecule has 6 aromatic carbocycles. The van der Waals surface area contributed by atoms with Crippen LogP contribution >= 0.6 is 37.2 Å². The van der Waals surface area contributed by atoms with Gasteiger partial charge in [-0.2, -0.15) is 10.4 Å². The number of benzene rings is 6. The molecule has 0 unspecified atom stereocenters. The molecular formula is C100H123I2N19O16. The van der Waals surface area contributed by atoms with E-state index in [2.05, 4.69) is 132 Å². The molecule has 37 heteroatoms. The molecule has 7 heterocycles. The molecule has 0 saturated heterocycles. The number of hydrogen-bond donors (Lipinski definition) is 9. The van der Waals surface area contributed by atoms with Crippen LogP contribution in [0.2, 0.25) is 0 Å². The minimum Gasteiger partial charge on any atom is -0.477 e. The summed E-state index contributed by atoms with van der Waals surface area (Å²) in [7, 11) is 0. The number of aromatic carboxylic acids is 1. The van der Waals surface area contributed by atoms with Crippen LogP contribution in [0.3, 0.4) is 0 Å². The van der Waals surface area contributed by atoms with Crippen molar-refractivity contribution in [1.82, 2.24) is 89.8 Å². The smallest absolute Gasteiger partial charge is 0.359 e. The molecule has 0 saturated carbocycles. The van der Waals surface area contributed by atoms with Crippen LogP contribution in [0.25, 0.3) is 61.0 Å². The Balaban J connectivity index is 0.000000215. The second-order valence-corrected chi connectivity index (χ2v) is 33.4. The van der Waals surface area contributed by atoms with Gasteiger partial charge in [-0.3, -0.25) is 0 Å². The fourth-order valence-corrected chi connectivity index (χ4v) is 14.7. The monoisotopic (exact) mass is 2100 g/mol. The Morgan fingerprint density at radius 3 is 1.03 bits per heavy atom. The number of carboxylic acids is 1. The molecule has 7 aromatic heterocycles. The van der Waals surface area contributed by atoms with Crippen molar-refractivity contribution in [2.45, 2.75) is 231 Å². The number of carboxylic acid groups (broad SMARTS) is 1. The summed E-state index contributed by atoms with van der Waals surface area (Å²) in [5.41, 5.74) is 8.16. The molecule has 0 fully saturated rings. The largest absolute Gasteiger partial charge is 0.477 e. The Kier molecular flexibility index (Phi) is 41.4. The quantitative estimate of drug-likeness (QED) is 0.00762. The summed E-state index contributed by atoms with van der Waals surface area (Å²) in [4.78, 5) is 104. The zero-order valence-corrected chi connectivity index (χ0v) is 85.1. The number of tetrazole rings is 2. The molecule has 13 aromatic rings. The van der Waals surface area contributed by atoms with E-state index in [1.54, 1.807) is 94.6 Å². The summed E-state index contributed by atoms with van der Waals surface area (Å²) in [6.45, 7) is 41.5. The second-order valence-electron chi connectivity index (χ2n) is 33.4. The topological polar surface area (TPSA) is 474 Å². The van der Waals surface area contributed by atoms with Gasteiger partial charge in [0.05, 0.1) is 45.3 Å². The number of carbonyl (C=O) groups is 6. The maximum Gasteiger partial charge on any atom is 0.359 e. The van der Waals surface area contributed by atoms with Crippen LogP contribution in [0.5, 0.6) is 0 Å². The van der Waals surface area contributed by atoms with Crippen molar-refractivity contribution in [2.75, 3.05) is 33.0 Å². The lowest BCUT2D eigenvalue weighted by Gasteiger charge is -2.17. The third kappa shape index (κ3) is 29.3. The molecule has 0 atom stereocenters. The highest BCUT2D eigenvalue weighted by Crippen LogP contribution is 2.37. The number of aromatic amines is 4. The lowest BCUT2D eigenvalue weighted by molar-refractivity contribution is 0.0465. The Morgan fingerprint density at radius 1 is 0.380 bits per heavy atom. The number of aromatic nitrogens is 18.